The van der Waals surface area contributed by atoms with E-state index in [9.17, 15) is 0 Å². The van der Waals surface area contributed by atoms with Crippen LogP contribution in [-0.2, 0) is 16.0 Å². The Bertz CT molecular complexity index is 618. The van der Waals surface area contributed by atoms with Crippen molar-refractivity contribution in [2.24, 2.45) is 0 Å². The van der Waals surface area contributed by atoms with E-state index < -0.39 is 0 Å². The monoisotopic (exact) mass is 345 g/mol. The minimum Gasteiger partial charge on any atom is -0.491 e. The summed E-state index contributed by atoms with van der Waals surface area (Å²) < 4.78 is 21.9. The lowest BCUT2D eigenvalue weighted by Gasteiger charge is -2.15. The van der Waals surface area contributed by atoms with Crippen molar-refractivity contribution < 1.29 is 18.9 Å². The first kappa shape index (κ1) is 19.1. The van der Waals surface area contributed by atoms with Crippen LogP contribution in [-0.4, -0.2) is 40.1 Å². The molecule has 0 heterocycles. The van der Waals surface area contributed by atoms with E-state index in [2.05, 4.69) is 5.32 Å². The number of benzene rings is 2. The van der Waals surface area contributed by atoms with Gasteiger partial charge in [-0.05, 0) is 25.1 Å². The highest BCUT2D eigenvalue weighted by atomic mass is 16.5. The standard InChI is InChI=1S/C20H27NO4/c1-3-23-13-15-25-20-11-7-5-9-18(20)21-16-17-8-4-6-10-19(17)24-14-12-22-2/h4-11,21H,3,12-16H2,1-2H3. The van der Waals surface area contributed by atoms with E-state index in [1.165, 1.54) is 0 Å². The number of rotatable bonds is 12. The molecule has 0 amide bonds. The predicted molar refractivity (Wildman–Crippen MR) is 99.6 cm³/mol. The van der Waals surface area contributed by atoms with Gasteiger partial charge in [0.15, 0.2) is 0 Å². The molecule has 0 aliphatic carbocycles. The van der Waals surface area contributed by atoms with Gasteiger partial charge >= 0.3 is 0 Å². The van der Waals surface area contributed by atoms with E-state index in [1.807, 2.05) is 55.5 Å². The van der Waals surface area contributed by atoms with Crippen molar-refractivity contribution in [1.29, 1.82) is 0 Å². The van der Waals surface area contributed by atoms with E-state index in [0.717, 1.165) is 22.7 Å². The predicted octanol–water partition coefficient (Wildman–Crippen LogP) is 3.74. The van der Waals surface area contributed by atoms with Crippen LogP contribution >= 0.6 is 0 Å². The zero-order chi connectivity index (χ0) is 17.7. The molecule has 0 aliphatic rings. The summed E-state index contributed by atoms with van der Waals surface area (Å²) >= 11 is 0. The molecule has 0 spiro atoms. The molecular formula is C20H27NO4. The Morgan fingerprint density at radius 2 is 1.48 bits per heavy atom. The zero-order valence-corrected chi connectivity index (χ0v) is 15.0. The normalized spacial score (nSPS) is 10.5. The van der Waals surface area contributed by atoms with Crippen LogP contribution in [0.25, 0.3) is 0 Å². The molecule has 5 heteroatoms. The Hall–Kier alpha value is -2.24. The number of para-hydroxylation sites is 3. The second-order valence-corrected chi connectivity index (χ2v) is 5.34. The zero-order valence-electron chi connectivity index (χ0n) is 15.0. The number of ether oxygens (including phenoxy) is 4. The van der Waals surface area contributed by atoms with Crippen molar-refractivity contribution in [2.75, 3.05) is 45.5 Å². The third-order valence-electron chi connectivity index (χ3n) is 3.56. The number of methoxy groups -OCH3 is 1. The minimum absolute atomic E-state index is 0.531. The maximum Gasteiger partial charge on any atom is 0.142 e. The average molecular weight is 345 g/mol. The lowest BCUT2D eigenvalue weighted by atomic mass is 10.2. The Morgan fingerprint density at radius 1 is 0.800 bits per heavy atom. The highest BCUT2D eigenvalue weighted by molar-refractivity contribution is 5.56. The quantitative estimate of drug-likeness (QED) is 0.594. The van der Waals surface area contributed by atoms with Crippen LogP contribution in [0.15, 0.2) is 48.5 Å². The third kappa shape index (κ3) is 6.64. The van der Waals surface area contributed by atoms with E-state index in [1.54, 1.807) is 7.11 Å². The van der Waals surface area contributed by atoms with E-state index >= 15 is 0 Å². The summed E-state index contributed by atoms with van der Waals surface area (Å²) in [5.74, 6) is 1.68. The molecule has 0 fully saturated rings. The molecule has 0 saturated heterocycles. The molecule has 25 heavy (non-hydrogen) atoms. The summed E-state index contributed by atoms with van der Waals surface area (Å²) in [4.78, 5) is 0. The number of nitrogens with one attached hydrogen (secondary N) is 1. The van der Waals surface area contributed by atoms with Crippen LogP contribution in [0, 0.1) is 0 Å². The van der Waals surface area contributed by atoms with Crippen molar-refractivity contribution in [3.05, 3.63) is 54.1 Å². The van der Waals surface area contributed by atoms with Gasteiger partial charge in [0.05, 0.1) is 18.9 Å². The molecule has 0 unspecified atom stereocenters. The molecule has 2 rings (SSSR count). The maximum atomic E-state index is 5.80. The number of hydrogen-bond donors (Lipinski definition) is 1. The van der Waals surface area contributed by atoms with Gasteiger partial charge in [0.2, 0.25) is 0 Å². The summed E-state index contributed by atoms with van der Waals surface area (Å²) in [7, 11) is 1.67. The van der Waals surface area contributed by atoms with Gasteiger partial charge in [-0.25, -0.2) is 0 Å². The lowest BCUT2D eigenvalue weighted by Crippen LogP contribution is -2.10. The molecule has 1 N–H and O–H groups in total. The molecule has 0 saturated carbocycles. The fourth-order valence-corrected chi connectivity index (χ4v) is 2.31. The number of hydrogen-bond acceptors (Lipinski definition) is 5. The summed E-state index contributed by atoms with van der Waals surface area (Å²) in [6.45, 7) is 5.53. The first-order chi connectivity index (χ1) is 12.3. The second-order valence-electron chi connectivity index (χ2n) is 5.34. The second kappa shape index (κ2) is 11.3. The molecule has 0 bridgehead atoms. The fraction of sp³-hybridized carbons (Fsp3) is 0.400. The van der Waals surface area contributed by atoms with Gasteiger partial charge in [-0.15, -0.1) is 0 Å². The van der Waals surface area contributed by atoms with Crippen LogP contribution < -0.4 is 14.8 Å². The molecule has 5 nitrogen and oxygen atoms in total. The first-order valence-corrected chi connectivity index (χ1v) is 8.58. The van der Waals surface area contributed by atoms with Gasteiger partial charge < -0.3 is 24.3 Å². The smallest absolute Gasteiger partial charge is 0.142 e. The Balaban J connectivity index is 1.95. The van der Waals surface area contributed by atoms with Gasteiger partial charge in [0.1, 0.15) is 24.7 Å². The third-order valence-corrected chi connectivity index (χ3v) is 3.56. The highest BCUT2D eigenvalue weighted by Gasteiger charge is 2.06. The van der Waals surface area contributed by atoms with Crippen LogP contribution in [0.2, 0.25) is 0 Å². The summed E-state index contributed by atoms with van der Waals surface area (Å²) in [5.41, 5.74) is 2.04. The van der Waals surface area contributed by atoms with Crippen molar-refractivity contribution in [3.8, 4) is 11.5 Å². The van der Waals surface area contributed by atoms with Crippen molar-refractivity contribution in [3.63, 3.8) is 0 Å². The van der Waals surface area contributed by atoms with Gasteiger partial charge in [-0.1, -0.05) is 30.3 Å². The van der Waals surface area contributed by atoms with E-state index in [4.69, 9.17) is 18.9 Å². The van der Waals surface area contributed by atoms with Crippen molar-refractivity contribution in [1.82, 2.24) is 0 Å². The van der Waals surface area contributed by atoms with Crippen LogP contribution in [0.3, 0.4) is 0 Å². The van der Waals surface area contributed by atoms with Gasteiger partial charge in [-0.2, -0.15) is 0 Å². The summed E-state index contributed by atoms with van der Waals surface area (Å²) in [6, 6.07) is 15.9. The average Bonchev–Trinajstić information content (AvgIpc) is 2.65. The largest absolute Gasteiger partial charge is 0.491 e. The molecule has 0 atom stereocenters. The molecule has 2 aromatic rings. The SMILES string of the molecule is CCOCCOc1ccccc1NCc1ccccc1OCCOC. The first-order valence-electron chi connectivity index (χ1n) is 8.58. The Kier molecular flexibility index (Phi) is 8.66. The molecule has 0 aliphatic heterocycles. The topological polar surface area (TPSA) is 49.0 Å². The summed E-state index contributed by atoms with van der Waals surface area (Å²) in [6.07, 6.45) is 0. The maximum absolute atomic E-state index is 5.80. The molecule has 136 valence electrons. The summed E-state index contributed by atoms with van der Waals surface area (Å²) in [5, 5.41) is 3.42. The van der Waals surface area contributed by atoms with Crippen LogP contribution in [0.5, 0.6) is 11.5 Å². The van der Waals surface area contributed by atoms with Crippen molar-refractivity contribution >= 4 is 5.69 Å². The lowest BCUT2D eigenvalue weighted by molar-refractivity contribution is 0.110. The van der Waals surface area contributed by atoms with Crippen LogP contribution in [0.4, 0.5) is 5.69 Å². The molecule has 2 aromatic carbocycles. The Labute approximate surface area is 149 Å². The Morgan fingerprint density at radius 3 is 2.28 bits per heavy atom. The molecular weight excluding hydrogens is 318 g/mol. The molecule has 0 radical (unpaired) electrons. The molecule has 0 aromatic heterocycles. The van der Waals surface area contributed by atoms with Gasteiger partial charge in [0, 0.05) is 25.8 Å². The van der Waals surface area contributed by atoms with Gasteiger partial charge in [-0.3, -0.25) is 0 Å². The minimum atomic E-state index is 0.531. The fourth-order valence-electron chi connectivity index (χ4n) is 2.31. The highest BCUT2D eigenvalue weighted by Crippen LogP contribution is 2.26. The van der Waals surface area contributed by atoms with E-state index in [-0.39, 0.29) is 0 Å². The van der Waals surface area contributed by atoms with E-state index in [0.29, 0.717) is 39.6 Å². The van der Waals surface area contributed by atoms with Crippen LogP contribution in [0.1, 0.15) is 12.5 Å². The number of anilines is 1. The van der Waals surface area contributed by atoms with Crippen molar-refractivity contribution in [2.45, 2.75) is 13.5 Å². The van der Waals surface area contributed by atoms with Gasteiger partial charge in [0.25, 0.3) is 0 Å².